The maximum absolute atomic E-state index is 10.4. The van der Waals surface area contributed by atoms with Gasteiger partial charge in [-0.3, -0.25) is 10.1 Å². The van der Waals surface area contributed by atoms with E-state index in [0.29, 0.717) is 0 Å². The molecule has 1 unspecified atom stereocenters. The van der Waals surface area contributed by atoms with Gasteiger partial charge in [0.1, 0.15) is 0 Å². The lowest BCUT2D eigenvalue weighted by Crippen LogP contribution is -2.10. The van der Waals surface area contributed by atoms with Crippen LogP contribution in [0.25, 0.3) is 0 Å². The van der Waals surface area contributed by atoms with E-state index in [0.717, 1.165) is 6.07 Å². The highest BCUT2D eigenvalue weighted by molar-refractivity contribution is 5.74. The summed E-state index contributed by atoms with van der Waals surface area (Å²) < 4.78 is 0. The Morgan fingerprint density at radius 2 is 2.00 bits per heavy atom. The molecule has 0 radical (unpaired) electrons. The van der Waals surface area contributed by atoms with Gasteiger partial charge in [-0.15, -0.1) is 0 Å². The van der Waals surface area contributed by atoms with E-state index in [1.807, 2.05) is 13.8 Å². The van der Waals surface area contributed by atoms with Crippen molar-refractivity contribution < 1.29 is 19.9 Å². The van der Waals surface area contributed by atoms with Gasteiger partial charge in [0.25, 0.3) is 5.69 Å². The average molecular weight is 227 g/mol. The number of nitrogens with zero attached hydrogens (tertiary/aromatic N) is 1. The molecule has 0 heterocycles. The van der Waals surface area contributed by atoms with Gasteiger partial charge in [-0.1, -0.05) is 26.0 Å². The van der Waals surface area contributed by atoms with Crippen molar-refractivity contribution in [1.29, 1.82) is 0 Å². The Morgan fingerprint density at radius 3 is 2.44 bits per heavy atom. The Morgan fingerprint density at radius 1 is 1.44 bits per heavy atom. The molecule has 16 heavy (non-hydrogen) atoms. The fraction of sp³-hybridized carbons (Fsp3) is 0.300. The second kappa shape index (κ2) is 6.52. The number of rotatable bonds is 3. The summed E-state index contributed by atoms with van der Waals surface area (Å²) in [5.74, 6) is -1.44. The monoisotopic (exact) mass is 227 g/mol. The molecule has 1 atom stereocenters. The molecule has 0 amide bonds. The highest BCUT2D eigenvalue weighted by Crippen LogP contribution is 2.18. The molecule has 0 saturated carbocycles. The first-order chi connectivity index (χ1) is 7.52. The number of hydrogen-bond acceptors (Lipinski definition) is 4. The number of benzene rings is 1. The molecule has 0 fully saturated rings. The van der Waals surface area contributed by atoms with E-state index >= 15 is 0 Å². The number of non-ortho nitro benzene ring substituents is 1. The highest BCUT2D eigenvalue weighted by atomic mass is 16.6. The molecule has 1 aromatic carbocycles. The molecule has 0 bridgehead atoms. The second-order valence-corrected chi connectivity index (χ2v) is 2.59. The third kappa shape index (κ3) is 3.66. The maximum Gasteiger partial charge on any atom is 0.337 e. The molecule has 6 nitrogen and oxygen atoms in total. The Balaban J connectivity index is 0.00000106. The topological polar surface area (TPSA) is 101 Å². The van der Waals surface area contributed by atoms with Crippen molar-refractivity contribution in [2.45, 2.75) is 20.0 Å². The van der Waals surface area contributed by atoms with Crippen molar-refractivity contribution in [2.75, 3.05) is 0 Å². The van der Waals surface area contributed by atoms with E-state index in [4.69, 9.17) is 10.2 Å². The maximum atomic E-state index is 10.4. The van der Waals surface area contributed by atoms with Gasteiger partial charge in [0.05, 0.1) is 4.92 Å². The number of nitro groups is 1. The van der Waals surface area contributed by atoms with Crippen LogP contribution < -0.4 is 0 Å². The summed E-state index contributed by atoms with van der Waals surface area (Å²) in [5, 5.41) is 27.8. The summed E-state index contributed by atoms with van der Waals surface area (Å²) in [4.78, 5) is 20.0. The first-order valence-corrected chi connectivity index (χ1v) is 4.67. The Kier molecular flexibility index (Phi) is 5.72. The van der Waals surface area contributed by atoms with Crippen molar-refractivity contribution in [3.05, 3.63) is 39.9 Å². The van der Waals surface area contributed by atoms with Crippen LogP contribution in [-0.2, 0) is 4.79 Å². The van der Waals surface area contributed by atoms with Crippen LogP contribution in [0.4, 0.5) is 5.69 Å². The number of nitro benzene ring substituents is 1. The minimum atomic E-state index is -1.73. The number of aliphatic hydroxyl groups excluding tert-OH is 1. The summed E-state index contributed by atoms with van der Waals surface area (Å²) in [6.07, 6.45) is -1.73. The summed E-state index contributed by atoms with van der Waals surface area (Å²) in [5.41, 5.74) is -0.255. The zero-order valence-corrected chi connectivity index (χ0v) is 8.95. The molecule has 0 aliphatic carbocycles. The highest BCUT2D eigenvalue weighted by Gasteiger charge is 2.18. The lowest BCUT2D eigenvalue weighted by molar-refractivity contribution is -0.385. The Bertz CT molecular complexity index is 377. The standard InChI is InChI=1S/C8H7NO5.C2H6/c10-7(8(11)12)5-2-1-3-6(4-5)9(13)14;1-2/h1-4,7,10H,(H,11,12);1-2H3. The molecular weight excluding hydrogens is 214 g/mol. The molecule has 1 rings (SSSR count). The van der Waals surface area contributed by atoms with Crippen molar-refractivity contribution in [3.63, 3.8) is 0 Å². The molecule has 1 aromatic rings. The van der Waals surface area contributed by atoms with Crippen molar-refractivity contribution in [3.8, 4) is 0 Å². The third-order valence-corrected chi connectivity index (χ3v) is 1.63. The van der Waals surface area contributed by atoms with Crippen LogP contribution in [0.15, 0.2) is 24.3 Å². The van der Waals surface area contributed by atoms with Crippen molar-refractivity contribution in [2.24, 2.45) is 0 Å². The van der Waals surface area contributed by atoms with E-state index in [9.17, 15) is 14.9 Å². The first kappa shape index (κ1) is 14.1. The van der Waals surface area contributed by atoms with Gasteiger partial charge in [0, 0.05) is 12.1 Å². The smallest absolute Gasteiger partial charge is 0.337 e. The zero-order valence-electron chi connectivity index (χ0n) is 8.95. The van der Waals surface area contributed by atoms with Gasteiger partial charge in [0.2, 0.25) is 0 Å². The lowest BCUT2D eigenvalue weighted by Gasteiger charge is -2.04. The van der Waals surface area contributed by atoms with Gasteiger partial charge in [0.15, 0.2) is 6.10 Å². The van der Waals surface area contributed by atoms with E-state index < -0.39 is 17.0 Å². The number of hydrogen-bond donors (Lipinski definition) is 2. The molecule has 0 saturated heterocycles. The summed E-state index contributed by atoms with van der Waals surface area (Å²) >= 11 is 0. The lowest BCUT2D eigenvalue weighted by atomic mass is 10.1. The molecule has 88 valence electrons. The molecular formula is C10H13NO5. The van der Waals surface area contributed by atoms with Crippen molar-refractivity contribution >= 4 is 11.7 Å². The van der Waals surface area contributed by atoms with Gasteiger partial charge in [-0.05, 0) is 5.56 Å². The van der Waals surface area contributed by atoms with Gasteiger partial charge in [-0.2, -0.15) is 0 Å². The summed E-state index contributed by atoms with van der Waals surface area (Å²) in [6, 6.07) is 4.88. The Hall–Kier alpha value is -1.95. The van der Waals surface area contributed by atoms with E-state index in [1.165, 1.54) is 18.2 Å². The minimum Gasteiger partial charge on any atom is -0.479 e. The van der Waals surface area contributed by atoms with Crippen LogP contribution in [0.5, 0.6) is 0 Å². The first-order valence-electron chi connectivity index (χ1n) is 4.67. The number of aliphatic carboxylic acids is 1. The van der Waals surface area contributed by atoms with E-state index in [1.54, 1.807) is 0 Å². The van der Waals surface area contributed by atoms with Gasteiger partial charge in [-0.25, -0.2) is 4.79 Å². The van der Waals surface area contributed by atoms with Crippen molar-refractivity contribution in [1.82, 2.24) is 0 Å². The van der Waals surface area contributed by atoms with E-state index in [-0.39, 0.29) is 11.3 Å². The minimum absolute atomic E-state index is 0.00769. The normalized spacial score (nSPS) is 10.9. The zero-order chi connectivity index (χ0) is 12.7. The second-order valence-electron chi connectivity index (χ2n) is 2.59. The van der Waals surface area contributed by atoms with Crippen LogP contribution >= 0.6 is 0 Å². The molecule has 0 aromatic heterocycles. The predicted molar refractivity (Wildman–Crippen MR) is 57.0 cm³/mol. The van der Waals surface area contributed by atoms with Crippen LogP contribution in [0.1, 0.15) is 25.5 Å². The summed E-state index contributed by atoms with van der Waals surface area (Å²) in [6.45, 7) is 4.00. The average Bonchev–Trinajstić information content (AvgIpc) is 2.30. The number of aliphatic hydroxyl groups is 1. The quantitative estimate of drug-likeness (QED) is 0.605. The number of carboxylic acid groups (broad SMARTS) is 1. The number of carbonyl (C=O) groups is 1. The molecule has 2 N–H and O–H groups in total. The summed E-state index contributed by atoms with van der Waals surface area (Å²) in [7, 11) is 0. The molecule has 0 spiro atoms. The third-order valence-electron chi connectivity index (χ3n) is 1.63. The molecule has 0 aliphatic heterocycles. The fourth-order valence-corrected chi connectivity index (χ4v) is 0.951. The molecule has 0 aliphatic rings. The molecule has 6 heteroatoms. The van der Waals surface area contributed by atoms with E-state index in [2.05, 4.69) is 0 Å². The number of carboxylic acids is 1. The van der Waals surface area contributed by atoms with Crippen LogP contribution in [0.2, 0.25) is 0 Å². The van der Waals surface area contributed by atoms with Gasteiger partial charge >= 0.3 is 5.97 Å². The predicted octanol–water partition coefficient (Wildman–Crippen LogP) is 1.74. The van der Waals surface area contributed by atoms with Gasteiger partial charge < -0.3 is 10.2 Å². The fourth-order valence-electron chi connectivity index (χ4n) is 0.951. The van der Waals surface area contributed by atoms with Crippen LogP contribution in [-0.4, -0.2) is 21.1 Å². The SMILES string of the molecule is CC.O=C(O)C(O)c1cccc([N+](=O)[O-])c1. The largest absolute Gasteiger partial charge is 0.479 e. The van der Waals surface area contributed by atoms with Crippen LogP contribution in [0.3, 0.4) is 0 Å². The Labute approximate surface area is 92.3 Å². The van der Waals surface area contributed by atoms with Crippen LogP contribution in [0, 0.1) is 10.1 Å².